The van der Waals surface area contributed by atoms with Gasteiger partial charge in [-0.15, -0.1) is 0 Å². The fourth-order valence-corrected chi connectivity index (χ4v) is 3.47. The largest absolute Gasteiger partial charge is 0.326 e. The van der Waals surface area contributed by atoms with E-state index in [1.54, 1.807) is 30.6 Å². The van der Waals surface area contributed by atoms with Crippen LogP contribution in [-0.2, 0) is 22.3 Å². The predicted molar refractivity (Wildman–Crippen MR) is 82.7 cm³/mol. The second kappa shape index (κ2) is 6.80. The van der Waals surface area contributed by atoms with Crippen molar-refractivity contribution < 1.29 is 8.42 Å². The van der Waals surface area contributed by atoms with E-state index in [0.717, 1.165) is 16.7 Å². The van der Waals surface area contributed by atoms with Gasteiger partial charge in [0, 0.05) is 25.0 Å². The van der Waals surface area contributed by atoms with Crippen LogP contribution in [0.1, 0.15) is 29.7 Å². The summed E-state index contributed by atoms with van der Waals surface area (Å²) in [4.78, 5) is 3.92. The Kier molecular flexibility index (Phi) is 5.06. The molecule has 0 radical (unpaired) electrons. The minimum atomic E-state index is -3.42. The van der Waals surface area contributed by atoms with Gasteiger partial charge < -0.3 is 5.73 Å². The van der Waals surface area contributed by atoms with Crippen LogP contribution in [0, 0.1) is 0 Å². The summed E-state index contributed by atoms with van der Waals surface area (Å²) in [7, 11) is -3.42. The van der Waals surface area contributed by atoms with Crippen LogP contribution >= 0.6 is 0 Å². The molecule has 0 amide bonds. The van der Waals surface area contributed by atoms with Crippen LogP contribution in [0.4, 0.5) is 0 Å². The topological polar surface area (TPSA) is 85.1 Å². The van der Waals surface area contributed by atoms with Crippen molar-refractivity contribution in [3.8, 4) is 0 Å². The molecule has 2 aromatic rings. The molecule has 112 valence electrons. The molecule has 6 heteroatoms. The molecule has 5 nitrogen and oxygen atoms in total. The van der Waals surface area contributed by atoms with E-state index in [1.807, 2.05) is 25.1 Å². The molecule has 0 saturated carbocycles. The van der Waals surface area contributed by atoms with E-state index in [1.165, 1.54) is 0 Å². The lowest BCUT2D eigenvalue weighted by molar-refractivity contribution is 0.566. The first-order valence-corrected chi connectivity index (χ1v) is 8.33. The zero-order valence-corrected chi connectivity index (χ0v) is 12.7. The van der Waals surface area contributed by atoms with E-state index in [2.05, 4.69) is 9.71 Å². The molecule has 0 fully saturated rings. The average Bonchev–Trinajstić information content (AvgIpc) is 2.47. The van der Waals surface area contributed by atoms with Crippen molar-refractivity contribution in [2.45, 2.75) is 25.3 Å². The lowest BCUT2D eigenvalue weighted by Gasteiger charge is -2.14. The minimum absolute atomic E-state index is 0.0593. The van der Waals surface area contributed by atoms with Crippen molar-refractivity contribution in [2.75, 3.05) is 0 Å². The van der Waals surface area contributed by atoms with Crippen molar-refractivity contribution in [1.29, 1.82) is 0 Å². The van der Waals surface area contributed by atoms with Gasteiger partial charge in [-0.3, -0.25) is 4.98 Å². The molecule has 2 rings (SSSR count). The average molecular weight is 305 g/mol. The first-order chi connectivity index (χ1) is 10.00. The Balaban J connectivity index is 2.08. The lowest BCUT2D eigenvalue weighted by atomic mass is 10.1. The number of pyridine rings is 1. The molecule has 0 aliphatic rings. The molecule has 1 atom stereocenters. The third kappa shape index (κ3) is 4.63. The van der Waals surface area contributed by atoms with Gasteiger partial charge in [0.15, 0.2) is 0 Å². The molecule has 3 N–H and O–H groups in total. The van der Waals surface area contributed by atoms with Crippen LogP contribution in [0.15, 0.2) is 48.8 Å². The molecular formula is C15H19N3O2S. The van der Waals surface area contributed by atoms with Crippen molar-refractivity contribution in [3.63, 3.8) is 0 Å². The Morgan fingerprint density at radius 2 is 1.86 bits per heavy atom. The number of hydrogen-bond donors (Lipinski definition) is 2. The molecule has 1 heterocycles. The number of benzene rings is 1. The number of nitrogens with one attached hydrogen (secondary N) is 1. The monoisotopic (exact) mass is 305 g/mol. The van der Waals surface area contributed by atoms with Gasteiger partial charge in [0.25, 0.3) is 0 Å². The highest BCUT2D eigenvalue weighted by Crippen LogP contribution is 2.14. The third-order valence-corrected chi connectivity index (χ3v) is 4.57. The molecule has 21 heavy (non-hydrogen) atoms. The predicted octanol–water partition coefficient (Wildman–Crippen LogP) is 1.72. The van der Waals surface area contributed by atoms with E-state index in [-0.39, 0.29) is 11.8 Å². The Morgan fingerprint density at radius 1 is 1.19 bits per heavy atom. The maximum Gasteiger partial charge on any atom is 0.216 e. The highest BCUT2D eigenvalue weighted by atomic mass is 32.2. The van der Waals surface area contributed by atoms with Crippen LogP contribution in [0.25, 0.3) is 0 Å². The Hall–Kier alpha value is -1.76. The number of aromatic nitrogens is 1. The quantitative estimate of drug-likeness (QED) is 0.851. The summed E-state index contributed by atoms with van der Waals surface area (Å²) < 4.78 is 27.1. The molecule has 0 bridgehead atoms. The van der Waals surface area contributed by atoms with Gasteiger partial charge in [-0.2, -0.15) is 0 Å². The van der Waals surface area contributed by atoms with Gasteiger partial charge in [0.1, 0.15) is 0 Å². The zero-order valence-electron chi connectivity index (χ0n) is 11.9. The van der Waals surface area contributed by atoms with E-state index in [0.29, 0.717) is 6.54 Å². The molecule has 0 aliphatic heterocycles. The van der Waals surface area contributed by atoms with E-state index in [4.69, 9.17) is 5.73 Å². The summed E-state index contributed by atoms with van der Waals surface area (Å²) in [5.41, 5.74) is 8.10. The molecular weight excluding hydrogens is 286 g/mol. The SMILES string of the molecule is CC(NS(=O)(=O)Cc1cccc(CN)c1)c1ccncc1. The number of rotatable bonds is 6. The normalized spacial score (nSPS) is 13.0. The van der Waals surface area contributed by atoms with Gasteiger partial charge in [-0.1, -0.05) is 24.3 Å². The van der Waals surface area contributed by atoms with Crippen molar-refractivity contribution >= 4 is 10.0 Å². The summed E-state index contributed by atoms with van der Waals surface area (Å²) in [5, 5.41) is 0. The van der Waals surface area contributed by atoms with Gasteiger partial charge in [0.2, 0.25) is 10.0 Å². The van der Waals surface area contributed by atoms with Gasteiger partial charge >= 0.3 is 0 Å². The minimum Gasteiger partial charge on any atom is -0.326 e. The molecule has 1 aromatic carbocycles. The van der Waals surface area contributed by atoms with Crippen LogP contribution in [0.5, 0.6) is 0 Å². The number of hydrogen-bond acceptors (Lipinski definition) is 4. The smallest absolute Gasteiger partial charge is 0.216 e. The maximum atomic E-state index is 12.2. The van der Waals surface area contributed by atoms with Crippen LogP contribution in [0.3, 0.4) is 0 Å². The summed E-state index contributed by atoms with van der Waals surface area (Å²) >= 11 is 0. The standard InChI is InChI=1S/C15H19N3O2S/c1-12(15-5-7-17-8-6-15)18-21(19,20)11-14-4-2-3-13(9-14)10-16/h2-9,12,18H,10-11,16H2,1H3. The summed E-state index contributed by atoms with van der Waals surface area (Å²) in [6.45, 7) is 2.21. The van der Waals surface area contributed by atoms with E-state index >= 15 is 0 Å². The fraction of sp³-hybridized carbons (Fsp3) is 0.267. The summed E-state index contributed by atoms with van der Waals surface area (Å²) in [6, 6.07) is 10.6. The zero-order chi connectivity index (χ0) is 15.3. The van der Waals surface area contributed by atoms with Crippen LogP contribution < -0.4 is 10.5 Å². The Labute approximate surface area is 125 Å². The first-order valence-electron chi connectivity index (χ1n) is 6.68. The molecule has 0 saturated heterocycles. The fourth-order valence-electron chi connectivity index (χ4n) is 2.10. The molecule has 1 aromatic heterocycles. The summed E-state index contributed by atoms with van der Waals surface area (Å²) in [6.07, 6.45) is 3.29. The second-order valence-corrected chi connectivity index (χ2v) is 6.66. The second-order valence-electron chi connectivity index (χ2n) is 4.90. The Bertz CT molecular complexity index is 687. The van der Waals surface area contributed by atoms with Crippen molar-refractivity contribution in [1.82, 2.24) is 9.71 Å². The van der Waals surface area contributed by atoms with Crippen molar-refractivity contribution in [2.24, 2.45) is 5.73 Å². The maximum absolute atomic E-state index is 12.2. The van der Waals surface area contributed by atoms with Crippen LogP contribution in [0.2, 0.25) is 0 Å². The van der Waals surface area contributed by atoms with E-state index < -0.39 is 10.0 Å². The van der Waals surface area contributed by atoms with E-state index in [9.17, 15) is 8.42 Å². The molecule has 0 spiro atoms. The third-order valence-electron chi connectivity index (χ3n) is 3.15. The van der Waals surface area contributed by atoms with Gasteiger partial charge in [-0.25, -0.2) is 13.1 Å². The Morgan fingerprint density at radius 3 is 2.52 bits per heavy atom. The molecule has 1 unspecified atom stereocenters. The number of nitrogens with zero attached hydrogens (tertiary/aromatic N) is 1. The van der Waals surface area contributed by atoms with Crippen molar-refractivity contribution in [3.05, 3.63) is 65.5 Å². The first kappa shape index (κ1) is 15.6. The van der Waals surface area contributed by atoms with Gasteiger partial charge in [0.05, 0.1) is 5.75 Å². The molecule has 0 aliphatic carbocycles. The number of sulfonamides is 1. The number of nitrogens with two attached hydrogens (primary N) is 1. The van der Waals surface area contributed by atoms with Crippen LogP contribution in [-0.4, -0.2) is 13.4 Å². The van der Waals surface area contributed by atoms with Gasteiger partial charge in [-0.05, 0) is 35.7 Å². The lowest BCUT2D eigenvalue weighted by Crippen LogP contribution is -2.28. The highest BCUT2D eigenvalue weighted by molar-refractivity contribution is 7.88. The highest BCUT2D eigenvalue weighted by Gasteiger charge is 2.16. The summed E-state index contributed by atoms with van der Waals surface area (Å²) in [5.74, 6) is -0.0593.